The number of pyridine rings is 1. The monoisotopic (exact) mass is 576 g/mol. The summed E-state index contributed by atoms with van der Waals surface area (Å²) in [6.45, 7) is 3.43. The number of rotatable bonds is 7. The van der Waals surface area contributed by atoms with Crippen molar-refractivity contribution >= 4 is 58.7 Å². The molecular formula is C26H23BrCl2N2O4. The van der Waals surface area contributed by atoms with Crippen molar-refractivity contribution in [1.29, 1.82) is 0 Å². The first kappa shape index (κ1) is 28.2. The van der Waals surface area contributed by atoms with Crippen LogP contribution in [0.1, 0.15) is 44.5 Å². The fourth-order valence-electron chi connectivity index (χ4n) is 3.26. The van der Waals surface area contributed by atoms with E-state index in [1.807, 2.05) is 42.0 Å². The first-order valence-corrected chi connectivity index (χ1v) is 11.1. The van der Waals surface area contributed by atoms with E-state index in [0.717, 1.165) is 16.8 Å². The third kappa shape index (κ3) is 7.49. The number of nitrogens with zero attached hydrogens (tertiary/aromatic N) is 1. The van der Waals surface area contributed by atoms with Crippen LogP contribution in [0.3, 0.4) is 0 Å². The number of carbonyl (C=O) groups excluding carboxylic acids is 3. The average molecular weight is 578 g/mol. The van der Waals surface area contributed by atoms with Crippen LogP contribution in [0.4, 0.5) is 5.69 Å². The number of amides is 1. The summed E-state index contributed by atoms with van der Waals surface area (Å²) in [5.41, 5.74) is 3.64. The van der Waals surface area contributed by atoms with Gasteiger partial charge in [-0.1, -0.05) is 35.3 Å². The first-order chi connectivity index (χ1) is 16.2. The van der Waals surface area contributed by atoms with Gasteiger partial charge in [-0.2, -0.15) is 4.57 Å². The molecule has 35 heavy (non-hydrogen) atoms. The molecule has 0 saturated heterocycles. The topological polar surface area (TPSA) is 76.3 Å². The Kier molecular flexibility index (Phi) is 10.2. The maximum Gasteiger partial charge on any atom is 0.339 e. The minimum absolute atomic E-state index is 0. The van der Waals surface area contributed by atoms with Gasteiger partial charge in [0.15, 0.2) is 11.9 Å². The number of Topliss-reactive ketones (excluding diaryl/α,β-unsaturated/α-hetero) is 1. The van der Waals surface area contributed by atoms with Crippen molar-refractivity contribution in [3.8, 4) is 0 Å². The molecule has 0 spiro atoms. The van der Waals surface area contributed by atoms with E-state index in [0.29, 0.717) is 21.3 Å². The summed E-state index contributed by atoms with van der Waals surface area (Å²) in [6, 6.07) is 13.7. The Morgan fingerprint density at radius 1 is 0.971 bits per heavy atom. The normalized spacial score (nSPS) is 10.5. The molecule has 0 atom stereocenters. The molecule has 0 saturated carbocycles. The molecule has 0 fully saturated rings. The maximum absolute atomic E-state index is 12.7. The number of ether oxygens (including phenoxy) is 1. The number of benzene rings is 2. The molecule has 6 nitrogen and oxygen atoms in total. The molecule has 1 aromatic heterocycles. The molecule has 9 heteroatoms. The van der Waals surface area contributed by atoms with Gasteiger partial charge in [-0.25, -0.2) is 4.79 Å². The molecule has 1 N–H and O–H groups in total. The molecular weight excluding hydrogens is 555 g/mol. The Labute approximate surface area is 224 Å². The number of aryl methyl sites for hydroxylation is 1. The Morgan fingerprint density at radius 3 is 2.31 bits per heavy atom. The molecule has 0 aliphatic carbocycles. The number of carbonyl (C=O) groups is 3. The van der Waals surface area contributed by atoms with E-state index in [4.69, 9.17) is 27.9 Å². The Balaban J connectivity index is 0.00000432. The molecule has 0 unspecified atom stereocenters. The molecule has 1 heterocycles. The fraction of sp³-hybridized carbons (Fsp3) is 0.154. The summed E-state index contributed by atoms with van der Waals surface area (Å²) in [4.78, 5) is 36.3. The van der Waals surface area contributed by atoms with Crippen molar-refractivity contribution in [2.24, 2.45) is 0 Å². The lowest BCUT2D eigenvalue weighted by atomic mass is 10.1. The first-order valence-electron chi connectivity index (χ1n) is 10.3. The number of hydrogen-bond donors (Lipinski definition) is 1. The second-order valence-corrected chi connectivity index (χ2v) is 8.41. The zero-order chi connectivity index (χ0) is 24.8. The summed E-state index contributed by atoms with van der Waals surface area (Å²) in [5.74, 6) is -0.926. The van der Waals surface area contributed by atoms with Crippen molar-refractivity contribution in [2.45, 2.75) is 20.4 Å². The van der Waals surface area contributed by atoms with Crippen molar-refractivity contribution in [3.63, 3.8) is 0 Å². The number of ketones is 1. The van der Waals surface area contributed by atoms with Gasteiger partial charge >= 0.3 is 5.97 Å². The predicted molar refractivity (Wildman–Crippen MR) is 133 cm³/mol. The van der Waals surface area contributed by atoms with E-state index in [2.05, 4.69) is 5.32 Å². The Morgan fingerprint density at radius 2 is 1.66 bits per heavy atom. The lowest BCUT2D eigenvalue weighted by Gasteiger charge is -2.09. The highest BCUT2D eigenvalue weighted by molar-refractivity contribution is 6.42. The van der Waals surface area contributed by atoms with Crippen LogP contribution in [-0.4, -0.2) is 24.8 Å². The second kappa shape index (κ2) is 12.6. The third-order valence-corrected chi connectivity index (χ3v) is 5.80. The SMILES string of the molecule is COC(=O)c1cc(/C=C/c2ccc(C)[n+](CC(=O)c3ccc(Cl)c(Cl)c3)c2)ccc1NC(C)=O.[Br-]. The number of esters is 1. The van der Waals surface area contributed by atoms with Crippen LogP contribution in [0, 0.1) is 6.92 Å². The number of hydrogen-bond acceptors (Lipinski definition) is 4. The van der Waals surface area contributed by atoms with Crippen LogP contribution in [0.2, 0.25) is 10.0 Å². The van der Waals surface area contributed by atoms with Crippen molar-refractivity contribution < 1.29 is 40.7 Å². The lowest BCUT2D eigenvalue weighted by molar-refractivity contribution is -0.689. The number of halogens is 3. The number of aromatic nitrogens is 1. The highest BCUT2D eigenvalue weighted by Gasteiger charge is 2.17. The number of anilines is 1. The van der Waals surface area contributed by atoms with Gasteiger partial charge in [0.05, 0.1) is 28.4 Å². The molecule has 0 aliphatic rings. The quantitative estimate of drug-likeness (QED) is 0.266. The average Bonchev–Trinajstić information content (AvgIpc) is 2.81. The molecule has 0 bridgehead atoms. The van der Waals surface area contributed by atoms with Gasteiger partial charge in [0, 0.05) is 31.0 Å². The van der Waals surface area contributed by atoms with Gasteiger partial charge in [0.2, 0.25) is 18.2 Å². The summed E-state index contributed by atoms with van der Waals surface area (Å²) in [5, 5.41) is 3.36. The zero-order valence-electron chi connectivity index (χ0n) is 19.3. The number of methoxy groups -OCH3 is 1. The summed E-state index contributed by atoms with van der Waals surface area (Å²) < 4.78 is 6.68. The highest BCUT2D eigenvalue weighted by atomic mass is 79.9. The molecule has 1 amide bonds. The van der Waals surface area contributed by atoms with Crippen LogP contribution in [0.25, 0.3) is 12.2 Å². The van der Waals surface area contributed by atoms with Gasteiger partial charge in [-0.3, -0.25) is 9.59 Å². The minimum atomic E-state index is -0.548. The van der Waals surface area contributed by atoms with Crippen LogP contribution in [0.15, 0.2) is 54.7 Å². The minimum Gasteiger partial charge on any atom is -1.00 e. The van der Waals surface area contributed by atoms with Crippen molar-refractivity contribution in [2.75, 3.05) is 12.4 Å². The van der Waals surface area contributed by atoms with Gasteiger partial charge in [-0.15, -0.1) is 0 Å². The van der Waals surface area contributed by atoms with Crippen LogP contribution in [0.5, 0.6) is 0 Å². The van der Waals surface area contributed by atoms with Crippen LogP contribution >= 0.6 is 23.2 Å². The van der Waals surface area contributed by atoms with Gasteiger partial charge in [-0.05, 0) is 48.0 Å². The van der Waals surface area contributed by atoms with Gasteiger partial charge in [0.1, 0.15) is 0 Å². The van der Waals surface area contributed by atoms with E-state index in [1.54, 1.807) is 36.4 Å². The zero-order valence-corrected chi connectivity index (χ0v) is 22.4. The highest BCUT2D eigenvalue weighted by Crippen LogP contribution is 2.23. The van der Waals surface area contributed by atoms with E-state index < -0.39 is 5.97 Å². The van der Waals surface area contributed by atoms with Crippen LogP contribution < -0.4 is 26.9 Å². The Bertz CT molecular complexity index is 1310. The second-order valence-electron chi connectivity index (χ2n) is 7.59. The smallest absolute Gasteiger partial charge is 0.339 e. The molecule has 182 valence electrons. The largest absolute Gasteiger partial charge is 1.00 e. The van der Waals surface area contributed by atoms with E-state index in [-0.39, 0.29) is 40.8 Å². The summed E-state index contributed by atoms with van der Waals surface area (Å²) in [6.07, 6.45) is 5.57. The van der Waals surface area contributed by atoms with Gasteiger partial charge < -0.3 is 27.0 Å². The Hall–Kier alpha value is -3.00. The van der Waals surface area contributed by atoms with Crippen molar-refractivity contribution in [1.82, 2.24) is 0 Å². The molecule has 0 aliphatic heterocycles. The maximum atomic E-state index is 12.7. The molecule has 3 aromatic rings. The third-order valence-electron chi connectivity index (χ3n) is 5.06. The van der Waals surface area contributed by atoms with E-state index >= 15 is 0 Å². The molecule has 3 rings (SSSR count). The summed E-state index contributed by atoms with van der Waals surface area (Å²) in [7, 11) is 1.28. The van der Waals surface area contributed by atoms with Gasteiger partial charge in [0.25, 0.3) is 0 Å². The fourth-order valence-corrected chi connectivity index (χ4v) is 3.56. The molecule has 2 aromatic carbocycles. The number of nitrogens with one attached hydrogen (secondary N) is 1. The predicted octanol–water partition coefficient (Wildman–Crippen LogP) is 2.39. The van der Waals surface area contributed by atoms with E-state index in [1.165, 1.54) is 14.0 Å². The summed E-state index contributed by atoms with van der Waals surface area (Å²) >= 11 is 12.0. The van der Waals surface area contributed by atoms with E-state index in [9.17, 15) is 14.4 Å². The molecule has 0 radical (unpaired) electrons. The lowest BCUT2D eigenvalue weighted by Crippen LogP contribution is -3.00. The van der Waals surface area contributed by atoms with Crippen molar-refractivity contribution in [3.05, 3.63) is 92.7 Å². The van der Waals surface area contributed by atoms with Crippen LogP contribution in [-0.2, 0) is 16.1 Å². The standard InChI is InChI=1S/C26H22Cl2N2O4.BrH/c1-16-4-5-19(14-30(16)15-25(32)20-9-10-22(27)23(28)13-20)7-6-18-8-11-24(29-17(2)31)21(12-18)26(33)34-3;/h4-14H,15H2,1-3H3;1H/b7-6+;.